The average Bonchev–Trinajstić information content (AvgIpc) is 2.07. The Morgan fingerprint density at radius 1 is 1.53 bits per heavy atom. The number of benzene rings is 1. The monoisotopic (exact) mass is 283 g/mol. The first kappa shape index (κ1) is 14.5. The fourth-order valence-electron chi connectivity index (χ4n) is 1.06. The van der Waals surface area contributed by atoms with E-state index >= 15 is 0 Å². The van der Waals surface area contributed by atoms with Gasteiger partial charge in [-0.2, -0.15) is 11.6 Å². The number of nitro groups is 1. The SMILES string of the molecule is Cc1[c-]cc(OC(C)C)c([N+](=O)[O-])c1.[Y]. The molecule has 1 aromatic carbocycles. The van der Waals surface area contributed by atoms with Crippen molar-refractivity contribution in [2.24, 2.45) is 0 Å². The summed E-state index contributed by atoms with van der Waals surface area (Å²) in [4.78, 5) is 10.2. The summed E-state index contributed by atoms with van der Waals surface area (Å²) in [6, 6.07) is 5.83. The molecule has 0 bridgehead atoms. The zero-order valence-corrected chi connectivity index (χ0v) is 11.8. The maximum absolute atomic E-state index is 10.7. The van der Waals surface area contributed by atoms with Crippen LogP contribution in [0.25, 0.3) is 0 Å². The zero-order chi connectivity index (χ0) is 10.7. The van der Waals surface area contributed by atoms with Gasteiger partial charge in [-0.15, -0.1) is 6.07 Å². The molecular weight excluding hydrogens is 271 g/mol. The number of nitro benzene ring substituents is 1. The first-order valence-corrected chi connectivity index (χ1v) is 4.34. The normalized spacial score (nSPS) is 9.60. The van der Waals surface area contributed by atoms with Gasteiger partial charge in [0.15, 0.2) is 0 Å². The minimum atomic E-state index is -0.446. The van der Waals surface area contributed by atoms with Crippen molar-refractivity contribution >= 4 is 5.69 Å². The molecule has 0 amide bonds. The van der Waals surface area contributed by atoms with Crippen LogP contribution in [0.4, 0.5) is 5.69 Å². The van der Waals surface area contributed by atoms with Crippen LogP contribution in [0.15, 0.2) is 12.1 Å². The summed E-state index contributed by atoms with van der Waals surface area (Å²) < 4.78 is 5.29. The second-order valence-corrected chi connectivity index (χ2v) is 3.29. The molecule has 0 unspecified atom stereocenters. The van der Waals surface area contributed by atoms with Crippen molar-refractivity contribution in [2.75, 3.05) is 0 Å². The molecule has 1 radical (unpaired) electrons. The number of hydrogen-bond acceptors (Lipinski definition) is 3. The van der Waals surface area contributed by atoms with Gasteiger partial charge in [0.25, 0.3) is 0 Å². The number of hydrogen-bond donors (Lipinski definition) is 0. The minimum absolute atomic E-state index is 0. The van der Waals surface area contributed by atoms with Gasteiger partial charge in [0.1, 0.15) is 0 Å². The second kappa shape index (κ2) is 6.18. The van der Waals surface area contributed by atoms with E-state index in [-0.39, 0.29) is 50.3 Å². The van der Waals surface area contributed by atoms with Crippen molar-refractivity contribution in [1.29, 1.82) is 0 Å². The van der Waals surface area contributed by atoms with Gasteiger partial charge in [0, 0.05) is 37.6 Å². The van der Waals surface area contributed by atoms with Crippen LogP contribution >= 0.6 is 0 Å². The zero-order valence-electron chi connectivity index (χ0n) is 8.98. The number of aryl methyl sites for hydroxylation is 1. The van der Waals surface area contributed by atoms with Crippen LogP contribution in [0.5, 0.6) is 5.75 Å². The van der Waals surface area contributed by atoms with Crippen LogP contribution in [0.1, 0.15) is 19.4 Å². The van der Waals surface area contributed by atoms with Crippen molar-refractivity contribution in [3.63, 3.8) is 0 Å². The van der Waals surface area contributed by atoms with Crippen LogP contribution in [0.2, 0.25) is 0 Å². The van der Waals surface area contributed by atoms with E-state index in [9.17, 15) is 10.1 Å². The van der Waals surface area contributed by atoms with E-state index in [4.69, 9.17) is 4.74 Å². The molecule has 1 rings (SSSR count). The summed E-state index contributed by atoms with van der Waals surface area (Å²) >= 11 is 0. The largest absolute Gasteiger partial charge is 0.542 e. The Morgan fingerprint density at radius 3 is 2.60 bits per heavy atom. The Bertz CT molecular complexity index is 353. The van der Waals surface area contributed by atoms with E-state index in [1.807, 2.05) is 13.8 Å². The van der Waals surface area contributed by atoms with Gasteiger partial charge in [-0.3, -0.25) is 10.1 Å². The minimum Gasteiger partial charge on any atom is -0.542 e. The summed E-state index contributed by atoms with van der Waals surface area (Å²) in [6.07, 6.45) is -0.0789. The third-order valence-electron chi connectivity index (χ3n) is 1.60. The molecule has 0 saturated heterocycles. The quantitative estimate of drug-likeness (QED) is 0.486. The third kappa shape index (κ3) is 4.26. The average molecular weight is 283 g/mol. The van der Waals surface area contributed by atoms with Crippen LogP contribution in [-0.4, -0.2) is 11.0 Å². The first-order chi connectivity index (χ1) is 6.50. The summed E-state index contributed by atoms with van der Waals surface area (Å²) in [7, 11) is 0. The molecule has 79 valence electrons. The van der Waals surface area contributed by atoms with E-state index in [1.54, 1.807) is 6.92 Å². The molecule has 4 nitrogen and oxygen atoms in total. The molecule has 0 aromatic heterocycles. The molecule has 0 aliphatic carbocycles. The molecule has 0 N–H and O–H groups in total. The van der Waals surface area contributed by atoms with Gasteiger partial charge in [0.05, 0.1) is 11.9 Å². The molecule has 0 atom stereocenters. The van der Waals surface area contributed by atoms with Crippen molar-refractivity contribution < 1.29 is 42.4 Å². The van der Waals surface area contributed by atoms with E-state index in [1.165, 1.54) is 12.1 Å². The van der Waals surface area contributed by atoms with Gasteiger partial charge in [-0.25, -0.2) is 0 Å². The summed E-state index contributed by atoms with van der Waals surface area (Å²) in [5.74, 6) is 0.274. The number of nitrogens with zero attached hydrogens (tertiary/aromatic N) is 1. The van der Waals surface area contributed by atoms with Gasteiger partial charge in [0.2, 0.25) is 5.69 Å². The van der Waals surface area contributed by atoms with E-state index < -0.39 is 4.92 Å². The van der Waals surface area contributed by atoms with Gasteiger partial charge in [-0.1, -0.05) is 13.0 Å². The van der Waals surface area contributed by atoms with Crippen LogP contribution in [-0.2, 0) is 32.7 Å². The standard InChI is InChI=1S/C10H12NO3.Y/c1-7(2)14-10-5-4-8(3)6-9(10)11(12)13;/h5-7H,1-3H3;/q-1;. The molecule has 5 heteroatoms. The fourth-order valence-corrected chi connectivity index (χ4v) is 1.06. The Balaban J connectivity index is 0.00000196. The molecule has 1 aromatic rings. The molecule has 0 saturated carbocycles. The number of ether oxygens (including phenoxy) is 1. The van der Waals surface area contributed by atoms with Crippen LogP contribution in [0, 0.1) is 23.1 Å². The second-order valence-electron chi connectivity index (χ2n) is 3.29. The van der Waals surface area contributed by atoms with E-state index in [0.29, 0.717) is 0 Å². The smallest absolute Gasteiger partial charge is 0.207 e. The Labute approximate surface area is 114 Å². The summed E-state index contributed by atoms with van der Waals surface area (Å²) in [6.45, 7) is 5.40. The van der Waals surface area contributed by atoms with Gasteiger partial charge < -0.3 is 4.74 Å². The first-order valence-electron chi connectivity index (χ1n) is 4.34. The van der Waals surface area contributed by atoms with E-state index in [0.717, 1.165) is 5.56 Å². The van der Waals surface area contributed by atoms with Crippen molar-refractivity contribution in [3.05, 3.63) is 33.9 Å². The van der Waals surface area contributed by atoms with Crippen LogP contribution in [0.3, 0.4) is 0 Å². The molecule has 0 fully saturated rings. The fraction of sp³-hybridized carbons (Fsp3) is 0.400. The molecular formula is C10H12NO3Y-. The Morgan fingerprint density at radius 2 is 2.13 bits per heavy atom. The van der Waals surface area contributed by atoms with Crippen molar-refractivity contribution in [1.82, 2.24) is 0 Å². The van der Waals surface area contributed by atoms with Gasteiger partial charge in [-0.05, 0) is 13.8 Å². The molecule has 0 aliphatic rings. The predicted octanol–water partition coefficient (Wildman–Crippen LogP) is 2.49. The predicted molar refractivity (Wildman–Crippen MR) is 52.4 cm³/mol. The third-order valence-corrected chi connectivity index (χ3v) is 1.60. The maximum Gasteiger partial charge on any atom is 0.207 e. The van der Waals surface area contributed by atoms with Gasteiger partial charge >= 0.3 is 0 Å². The summed E-state index contributed by atoms with van der Waals surface area (Å²) in [5, 5.41) is 10.7. The van der Waals surface area contributed by atoms with E-state index in [2.05, 4.69) is 6.07 Å². The molecule has 0 aliphatic heterocycles. The Kier molecular flexibility index (Phi) is 5.99. The summed E-state index contributed by atoms with van der Waals surface area (Å²) in [5.41, 5.74) is 0.725. The van der Waals surface area contributed by atoms with Crippen LogP contribution < -0.4 is 4.74 Å². The maximum atomic E-state index is 10.7. The molecule has 0 heterocycles. The molecule has 0 spiro atoms. The number of rotatable bonds is 3. The van der Waals surface area contributed by atoms with Crippen molar-refractivity contribution in [2.45, 2.75) is 26.9 Å². The van der Waals surface area contributed by atoms with Crippen molar-refractivity contribution in [3.8, 4) is 5.75 Å². The molecule has 15 heavy (non-hydrogen) atoms. The topological polar surface area (TPSA) is 52.4 Å². The Hall–Kier alpha value is -0.476.